The van der Waals surface area contributed by atoms with Crippen molar-refractivity contribution in [2.45, 2.75) is 38.6 Å². The molecule has 0 aromatic carbocycles. The third-order valence-corrected chi connectivity index (χ3v) is 5.20. The van der Waals surface area contributed by atoms with Gasteiger partial charge < -0.3 is 5.32 Å². The molecule has 2 unspecified atom stereocenters. The lowest BCUT2D eigenvalue weighted by Crippen LogP contribution is -2.45. The van der Waals surface area contributed by atoms with Gasteiger partial charge in [-0.3, -0.25) is 0 Å². The highest BCUT2D eigenvalue weighted by Gasteiger charge is 2.30. The molecule has 0 amide bonds. The third kappa shape index (κ3) is 5.12. The fraction of sp³-hybridized carbons (Fsp3) is 1.00. The zero-order valence-electron chi connectivity index (χ0n) is 10.3. The van der Waals surface area contributed by atoms with E-state index in [2.05, 4.69) is 10.0 Å². The first-order valence-corrected chi connectivity index (χ1v) is 7.93. The summed E-state index contributed by atoms with van der Waals surface area (Å²) in [4.78, 5) is 0. The summed E-state index contributed by atoms with van der Waals surface area (Å²) >= 11 is 0. The molecule has 2 fully saturated rings. The molecule has 2 N–H and O–H groups in total. The van der Waals surface area contributed by atoms with Crippen molar-refractivity contribution in [2.75, 3.05) is 18.8 Å². The number of rotatable bonds is 5. The Morgan fingerprint density at radius 2 is 2.06 bits per heavy atom. The zero-order valence-corrected chi connectivity index (χ0v) is 11.9. The average molecular weight is 283 g/mol. The number of nitrogens with one attached hydrogen (secondary N) is 2. The SMILES string of the molecule is CC(NS(=O)(=O)CC1CC1)C1CCCNC1.Cl. The molecule has 102 valence electrons. The van der Waals surface area contributed by atoms with E-state index in [9.17, 15) is 8.42 Å². The maximum atomic E-state index is 11.8. The molecule has 4 nitrogen and oxygen atoms in total. The van der Waals surface area contributed by atoms with Crippen molar-refractivity contribution in [2.24, 2.45) is 11.8 Å². The Labute approximate surface area is 110 Å². The molecule has 1 saturated heterocycles. The highest BCUT2D eigenvalue weighted by Crippen LogP contribution is 2.30. The van der Waals surface area contributed by atoms with Crippen molar-refractivity contribution in [3.63, 3.8) is 0 Å². The first-order chi connectivity index (χ1) is 7.57. The van der Waals surface area contributed by atoms with E-state index in [1.165, 1.54) is 0 Å². The Bertz CT molecular complexity index is 324. The van der Waals surface area contributed by atoms with E-state index < -0.39 is 10.0 Å². The topological polar surface area (TPSA) is 58.2 Å². The molecule has 1 aliphatic carbocycles. The fourth-order valence-electron chi connectivity index (χ4n) is 2.33. The second-order valence-electron chi connectivity index (χ2n) is 5.24. The Morgan fingerprint density at radius 1 is 1.35 bits per heavy atom. The van der Waals surface area contributed by atoms with Crippen molar-refractivity contribution < 1.29 is 8.42 Å². The summed E-state index contributed by atoms with van der Waals surface area (Å²) in [6.45, 7) is 3.99. The second kappa shape index (κ2) is 6.36. The van der Waals surface area contributed by atoms with E-state index in [1.54, 1.807) is 0 Å². The second-order valence-corrected chi connectivity index (χ2v) is 7.04. The summed E-state index contributed by atoms with van der Waals surface area (Å²) in [5.41, 5.74) is 0. The number of hydrogen-bond acceptors (Lipinski definition) is 3. The molecule has 0 radical (unpaired) electrons. The molecule has 0 bridgehead atoms. The minimum atomic E-state index is -3.04. The molecule has 0 aromatic heterocycles. The summed E-state index contributed by atoms with van der Waals surface area (Å²) in [7, 11) is -3.04. The van der Waals surface area contributed by atoms with Crippen molar-refractivity contribution in [3.05, 3.63) is 0 Å². The van der Waals surface area contributed by atoms with E-state index >= 15 is 0 Å². The van der Waals surface area contributed by atoms with Crippen molar-refractivity contribution in [1.29, 1.82) is 0 Å². The van der Waals surface area contributed by atoms with Crippen LogP contribution in [0.5, 0.6) is 0 Å². The van der Waals surface area contributed by atoms with Gasteiger partial charge in [0.15, 0.2) is 0 Å². The van der Waals surface area contributed by atoms with Crippen molar-refractivity contribution in [1.82, 2.24) is 10.0 Å². The quantitative estimate of drug-likeness (QED) is 0.795. The summed E-state index contributed by atoms with van der Waals surface area (Å²) in [6, 6.07) is 0.0662. The summed E-state index contributed by atoms with van der Waals surface area (Å²) in [6.07, 6.45) is 4.44. The van der Waals surface area contributed by atoms with Gasteiger partial charge >= 0.3 is 0 Å². The predicted molar refractivity (Wildman–Crippen MR) is 72.0 cm³/mol. The standard InChI is InChI=1S/C11H22N2O2S.ClH/c1-9(11-3-2-6-12-7-11)13-16(14,15)8-10-4-5-10;/h9-13H,2-8H2,1H3;1H. The van der Waals surface area contributed by atoms with Crippen LogP contribution in [0.25, 0.3) is 0 Å². The van der Waals surface area contributed by atoms with Crippen LogP contribution in [0, 0.1) is 11.8 Å². The van der Waals surface area contributed by atoms with E-state index in [0.717, 1.165) is 38.8 Å². The van der Waals surface area contributed by atoms with Crippen LogP contribution in [0.4, 0.5) is 0 Å². The first-order valence-electron chi connectivity index (χ1n) is 6.27. The summed E-state index contributed by atoms with van der Waals surface area (Å²) in [5.74, 6) is 1.20. The van der Waals surface area contributed by atoms with Crippen LogP contribution in [-0.4, -0.2) is 33.3 Å². The minimum Gasteiger partial charge on any atom is -0.316 e. The minimum absolute atomic E-state index is 0. The molecule has 1 heterocycles. The maximum absolute atomic E-state index is 11.8. The van der Waals surface area contributed by atoms with Gasteiger partial charge in [0.1, 0.15) is 0 Å². The van der Waals surface area contributed by atoms with Gasteiger partial charge in [0.2, 0.25) is 10.0 Å². The number of piperidine rings is 1. The summed E-state index contributed by atoms with van der Waals surface area (Å²) in [5, 5.41) is 3.32. The van der Waals surface area contributed by atoms with Crippen LogP contribution < -0.4 is 10.0 Å². The largest absolute Gasteiger partial charge is 0.316 e. The van der Waals surface area contributed by atoms with Gasteiger partial charge in [0, 0.05) is 6.04 Å². The zero-order chi connectivity index (χ0) is 11.6. The van der Waals surface area contributed by atoms with Crippen LogP contribution in [-0.2, 0) is 10.0 Å². The smallest absolute Gasteiger partial charge is 0.212 e. The van der Waals surface area contributed by atoms with E-state index in [-0.39, 0.29) is 18.4 Å². The highest BCUT2D eigenvalue weighted by atomic mass is 35.5. The normalized spacial score (nSPS) is 27.2. The summed E-state index contributed by atoms with van der Waals surface area (Å²) < 4.78 is 26.4. The van der Waals surface area contributed by atoms with E-state index in [4.69, 9.17) is 0 Å². The molecule has 2 rings (SSSR count). The van der Waals surface area contributed by atoms with Gasteiger partial charge in [-0.2, -0.15) is 0 Å². The lowest BCUT2D eigenvalue weighted by molar-refractivity contribution is 0.320. The third-order valence-electron chi connectivity index (χ3n) is 3.56. The van der Waals surface area contributed by atoms with Gasteiger partial charge in [-0.1, -0.05) is 0 Å². The van der Waals surface area contributed by atoms with Crippen molar-refractivity contribution in [3.8, 4) is 0 Å². The van der Waals surface area contributed by atoms with Crippen LogP contribution in [0.3, 0.4) is 0 Å². The first kappa shape index (κ1) is 15.2. The Kier molecular flexibility index (Phi) is 5.70. The van der Waals surface area contributed by atoms with Gasteiger partial charge in [-0.25, -0.2) is 13.1 Å². The molecule has 0 aromatic rings. The molecular formula is C11H23ClN2O2S. The molecule has 2 atom stereocenters. The maximum Gasteiger partial charge on any atom is 0.212 e. The Hall–Kier alpha value is 0.160. The molecule has 6 heteroatoms. The van der Waals surface area contributed by atoms with E-state index in [0.29, 0.717) is 17.6 Å². The number of halogens is 1. The number of sulfonamides is 1. The van der Waals surface area contributed by atoms with Gasteiger partial charge in [-0.15, -0.1) is 12.4 Å². The fourth-order valence-corrected chi connectivity index (χ4v) is 4.14. The highest BCUT2D eigenvalue weighted by molar-refractivity contribution is 7.89. The van der Waals surface area contributed by atoms with Gasteiger partial charge in [0.05, 0.1) is 5.75 Å². The lowest BCUT2D eigenvalue weighted by atomic mass is 9.94. The lowest BCUT2D eigenvalue weighted by Gasteiger charge is -2.28. The van der Waals surface area contributed by atoms with Crippen LogP contribution in [0.15, 0.2) is 0 Å². The van der Waals surface area contributed by atoms with Crippen LogP contribution >= 0.6 is 12.4 Å². The van der Waals surface area contributed by atoms with Gasteiger partial charge in [-0.05, 0) is 57.5 Å². The monoisotopic (exact) mass is 282 g/mol. The molecule has 2 aliphatic rings. The Balaban J connectivity index is 0.00000144. The van der Waals surface area contributed by atoms with Crippen molar-refractivity contribution >= 4 is 22.4 Å². The van der Waals surface area contributed by atoms with Crippen LogP contribution in [0.1, 0.15) is 32.6 Å². The average Bonchev–Trinajstić information content (AvgIpc) is 3.01. The predicted octanol–water partition coefficient (Wildman–Crippen LogP) is 1.13. The molecule has 1 saturated carbocycles. The molecule has 17 heavy (non-hydrogen) atoms. The van der Waals surface area contributed by atoms with Gasteiger partial charge in [0.25, 0.3) is 0 Å². The molecular weight excluding hydrogens is 260 g/mol. The van der Waals surface area contributed by atoms with E-state index in [1.807, 2.05) is 6.92 Å². The number of hydrogen-bond donors (Lipinski definition) is 2. The van der Waals surface area contributed by atoms with Crippen LogP contribution in [0.2, 0.25) is 0 Å². The molecule has 0 spiro atoms. The molecule has 1 aliphatic heterocycles. The Morgan fingerprint density at radius 3 is 2.59 bits per heavy atom.